The summed E-state index contributed by atoms with van der Waals surface area (Å²) in [5, 5.41) is 0. The van der Waals surface area contributed by atoms with Crippen molar-refractivity contribution in [1.82, 2.24) is 0 Å². The van der Waals surface area contributed by atoms with Crippen LogP contribution in [-0.4, -0.2) is 0 Å². The molecule has 0 saturated heterocycles. The van der Waals surface area contributed by atoms with Crippen molar-refractivity contribution < 1.29 is 0 Å². The third-order valence-electron chi connectivity index (χ3n) is 6.47. The number of benzene rings is 5. The van der Waals surface area contributed by atoms with Gasteiger partial charge < -0.3 is 5.73 Å². The molecule has 32 heavy (non-hydrogen) atoms. The van der Waals surface area contributed by atoms with Gasteiger partial charge in [-0.05, 0) is 61.7 Å². The van der Waals surface area contributed by atoms with E-state index in [0.29, 0.717) is 0 Å². The Morgan fingerprint density at radius 1 is 0.438 bits per heavy atom. The standard InChI is InChI=1S/C31H23N/c32-31-25-19-11-10-18-24(25)27-20-26(21-12-4-1-5-13-21)28(22-14-6-2-7-15-22)29(30(27)31)23-16-8-3-9-17-23/h1-20,31H,32H2. The van der Waals surface area contributed by atoms with Crippen molar-refractivity contribution >= 4 is 0 Å². The Kier molecular flexibility index (Phi) is 4.49. The highest BCUT2D eigenvalue weighted by molar-refractivity contribution is 6.02. The Balaban J connectivity index is 1.80. The minimum Gasteiger partial charge on any atom is -0.320 e. The van der Waals surface area contributed by atoms with Gasteiger partial charge in [-0.2, -0.15) is 0 Å². The molecule has 6 rings (SSSR count). The lowest BCUT2D eigenvalue weighted by molar-refractivity contribution is 0.903. The molecule has 5 aromatic rings. The number of hydrogen-bond donors (Lipinski definition) is 1. The molecule has 0 fully saturated rings. The Labute approximate surface area is 188 Å². The van der Waals surface area contributed by atoms with Crippen molar-refractivity contribution in [2.24, 2.45) is 5.73 Å². The van der Waals surface area contributed by atoms with E-state index < -0.39 is 0 Å². The number of hydrogen-bond acceptors (Lipinski definition) is 1. The highest BCUT2D eigenvalue weighted by Crippen LogP contribution is 2.53. The molecule has 2 N–H and O–H groups in total. The first-order valence-corrected chi connectivity index (χ1v) is 11.0. The Hall–Kier alpha value is -3.94. The van der Waals surface area contributed by atoms with Gasteiger partial charge in [0.25, 0.3) is 0 Å². The molecule has 0 saturated carbocycles. The van der Waals surface area contributed by atoms with Crippen LogP contribution in [0.5, 0.6) is 0 Å². The monoisotopic (exact) mass is 409 g/mol. The summed E-state index contributed by atoms with van der Waals surface area (Å²) in [5.41, 5.74) is 19.2. The molecule has 0 bridgehead atoms. The van der Waals surface area contributed by atoms with Crippen LogP contribution in [0.1, 0.15) is 17.2 Å². The SMILES string of the molecule is NC1c2ccccc2-c2cc(-c3ccccc3)c(-c3ccccc3)c(-c3ccccc3)c21. The second-order valence-corrected chi connectivity index (χ2v) is 8.30. The molecule has 5 aromatic carbocycles. The average Bonchev–Trinajstić information content (AvgIpc) is 3.16. The topological polar surface area (TPSA) is 26.0 Å². The average molecular weight is 410 g/mol. The summed E-state index contributed by atoms with van der Waals surface area (Å²) in [5.74, 6) is 0. The predicted octanol–water partition coefficient (Wildman–Crippen LogP) is 7.72. The second kappa shape index (κ2) is 7.64. The molecule has 152 valence electrons. The van der Waals surface area contributed by atoms with E-state index in [1.165, 1.54) is 55.6 Å². The van der Waals surface area contributed by atoms with E-state index in [1.54, 1.807) is 0 Å². The highest BCUT2D eigenvalue weighted by atomic mass is 14.7. The fraction of sp³-hybridized carbons (Fsp3) is 0.0323. The van der Waals surface area contributed by atoms with Crippen molar-refractivity contribution in [2.45, 2.75) is 6.04 Å². The molecule has 1 heteroatoms. The number of fused-ring (bicyclic) bond motifs is 3. The first kappa shape index (κ1) is 18.8. The molecule has 1 unspecified atom stereocenters. The van der Waals surface area contributed by atoms with Gasteiger partial charge >= 0.3 is 0 Å². The maximum atomic E-state index is 6.93. The van der Waals surface area contributed by atoms with Crippen molar-refractivity contribution in [3.8, 4) is 44.5 Å². The molecule has 0 aliphatic heterocycles. The fourth-order valence-electron chi connectivity index (χ4n) is 5.07. The van der Waals surface area contributed by atoms with E-state index in [-0.39, 0.29) is 6.04 Å². The van der Waals surface area contributed by atoms with Crippen LogP contribution in [0.25, 0.3) is 44.5 Å². The largest absolute Gasteiger partial charge is 0.320 e. The zero-order valence-electron chi connectivity index (χ0n) is 17.7. The maximum absolute atomic E-state index is 6.93. The van der Waals surface area contributed by atoms with Crippen LogP contribution >= 0.6 is 0 Å². The molecule has 1 aliphatic rings. The van der Waals surface area contributed by atoms with E-state index in [0.717, 1.165) is 0 Å². The molecule has 1 aliphatic carbocycles. The molecule has 0 aromatic heterocycles. The van der Waals surface area contributed by atoms with E-state index in [4.69, 9.17) is 5.73 Å². The van der Waals surface area contributed by atoms with E-state index >= 15 is 0 Å². The van der Waals surface area contributed by atoms with Gasteiger partial charge in [0, 0.05) is 0 Å². The van der Waals surface area contributed by atoms with Crippen LogP contribution in [0.4, 0.5) is 0 Å². The molecule has 0 heterocycles. The minimum absolute atomic E-state index is 0.149. The van der Waals surface area contributed by atoms with Gasteiger partial charge in [0.05, 0.1) is 6.04 Å². The van der Waals surface area contributed by atoms with Gasteiger partial charge in [0.1, 0.15) is 0 Å². The van der Waals surface area contributed by atoms with E-state index in [9.17, 15) is 0 Å². The van der Waals surface area contributed by atoms with E-state index in [2.05, 4.69) is 121 Å². The summed E-state index contributed by atoms with van der Waals surface area (Å²) in [4.78, 5) is 0. The van der Waals surface area contributed by atoms with Crippen molar-refractivity contribution in [2.75, 3.05) is 0 Å². The summed E-state index contributed by atoms with van der Waals surface area (Å²) in [6.07, 6.45) is 0. The van der Waals surface area contributed by atoms with Crippen LogP contribution in [0, 0.1) is 0 Å². The minimum atomic E-state index is -0.149. The quantitative estimate of drug-likeness (QED) is 0.324. The fourth-order valence-corrected chi connectivity index (χ4v) is 5.07. The van der Waals surface area contributed by atoms with Crippen LogP contribution < -0.4 is 5.73 Å². The van der Waals surface area contributed by atoms with Crippen LogP contribution in [0.3, 0.4) is 0 Å². The van der Waals surface area contributed by atoms with Gasteiger partial charge in [-0.3, -0.25) is 0 Å². The van der Waals surface area contributed by atoms with Gasteiger partial charge in [-0.25, -0.2) is 0 Å². The lowest BCUT2D eigenvalue weighted by atomic mass is 9.82. The summed E-state index contributed by atoms with van der Waals surface area (Å²) < 4.78 is 0. The van der Waals surface area contributed by atoms with Gasteiger partial charge in [-0.15, -0.1) is 0 Å². The molecule has 1 atom stereocenters. The Bertz CT molecular complexity index is 1400. The molecule has 0 spiro atoms. The van der Waals surface area contributed by atoms with E-state index in [1.807, 2.05) is 0 Å². The third kappa shape index (κ3) is 2.90. The number of rotatable bonds is 3. The van der Waals surface area contributed by atoms with Crippen molar-refractivity contribution in [1.29, 1.82) is 0 Å². The van der Waals surface area contributed by atoms with Crippen molar-refractivity contribution in [3.05, 3.63) is 132 Å². The Morgan fingerprint density at radius 3 is 1.56 bits per heavy atom. The summed E-state index contributed by atoms with van der Waals surface area (Å²) >= 11 is 0. The zero-order chi connectivity index (χ0) is 21.5. The molecular weight excluding hydrogens is 386 g/mol. The Morgan fingerprint density at radius 2 is 0.938 bits per heavy atom. The van der Waals surface area contributed by atoms with Crippen LogP contribution in [-0.2, 0) is 0 Å². The normalized spacial score (nSPS) is 14.1. The second-order valence-electron chi connectivity index (χ2n) is 8.30. The molecular formula is C31H23N. The number of nitrogens with two attached hydrogens (primary N) is 1. The first-order valence-electron chi connectivity index (χ1n) is 11.0. The highest BCUT2D eigenvalue weighted by Gasteiger charge is 2.32. The zero-order valence-corrected chi connectivity index (χ0v) is 17.7. The molecule has 1 nitrogen and oxygen atoms in total. The summed E-state index contributed by atoms with van der Waals surface area (Å²) in [6.45, 7) is 0. The summed E-state index contributed by atoms with van der Waals surface area (Å²) in [6, 6.07) is 42.8. The smallest absolute Gasteiger partial charge is 0.0570 e. The van der Waals surface area contributed by atoms with Gasteiger partial charge in [0.15, 0.2) is 0 Å². The van der Waals surface area contributed by atoms with Crippen molar-refractivity contribution in [3.63, 3.8) is 0 Å². The lowest BCUT2D eigenvalue weighted by Crippen LogP contribution is -2.10. The first-order chi connectivity index (χ1) is 15.8. The van der Waals surface area contributed by atoms with Crippen LogP contribution in [0.15, 0.2) is 121 Å². The van der Waals surface area contributed by atoms with Gasteiger partial charge in [0.2, 0.25) is 0 Å². The predicted molar refractivity (Wildman–Crippen MR) is 134 cm³/mol. The molecule has 0 amide bonds. The maximum Gasteiger partial charge on any atom is 0.0570 e. The molecule has 0 radical (unpaired) electrons. The third-order valence-corrected chi connectivity index (χ3v) is 6.47. The van der Waals surface area contributed by atoms with Gasteiger partial charge in [-0.1, -0.05) is 115 Å². The van der Waals surface area contributed by atoms with Crippen LogP contribution in [0.2, 0.25) is 0 Å². The summed E-state index contributed by atoms with van der Waals surface area (Å²) in [7, 11) is 0. The lowest BCUT2D eigenvalue weighted by Gasteiger charge is -2.22.